The normalized spacial score (nSPS) is 10.9. The first-order valence-corrected chi connectivity index (χ1v) is 9.75. The van der Waals surface area contributed by atoms with Crippen LogP contribution in [0, 0.1) is 12.7 Å². The first-order chi connectivity index (χ1) is 15.6. The highest BCUT2D eigenvalue weighted by atomic mass is 19.1. The summed E-state index contributed by atoms with van der Waals surface area (Å²) in [6.45, 7) is 2.09. The summed E-state index contributed by atoms with van der Waals surface area (Å²) in [6.07, 6.45) is 4.68. The van der Waals surface area contributed by atoms with Crippen molar-refractivity contribution < 1.29 is 13.9 Å². The van der Waals surface area contributed by atoms with Crippen molar-refractivity contribution in [3.8, 4) is 11.4 Å². The van der Waals surface area contributed by atoms with Crippen LogP contribution in [-0.4, -0.2) is 31.1 Å². The summed E-state index contributed by atoms with van der Waals surface area (Å²) in [6, 6.07) is 17.1. The molecule has 2 aromatic heterocycles. The van der Waals surface area contributed by atoms with Gasteiger partial charge in [-0.1, -0.05) is 18.2 Å². The Bertz CT molecular complexity index is 1240. The van der Waals surface area contributed by atoms with Crippen LogP contribution in [0.2, 0.25) is 0 Å². The lowest BCUT2D eigenvalue weighted by molar-refractivity contribution is -0.111. The topological polar surface area (TPSA) is 94.8 Å². The number of rotatable bonds is 7. The lowest BCUT2D eigenvalue weighted by Gasteiger charge is -2.08. The summed E-state index contributed by atoms with van der Waals surface area (Å²) in [5.41, 5.74) is 2.20. The monoisotopic (exact) mass is 430 g/mol. The zero-order chi connectivity index (χ0) is 22.3. The molecule has 9 heteroatoms. The molecule has 0 atom stereocenters. The van der Waals surface area contributed by atoms with Gasteiger partial charge in [0.05, 0.1) is 17.1 Å². The van der Waals surface area contributed by atoms with Gasteiger partial charge in [-0.2, -0.15) is 4.68 Å². The van der Waals surface area contributed by atoms with Crippen molar-refractivity contribution in [1.82, 2.24) is 25.2 Å². The van der Waals surface area contributed by atoms with Gasteiger partial charge in [0.2, 0.25) is 5.91 Å². The van der Waals surface area contributed by atoms with Crippen LogP contribution < -0.4 is 10.1 Å². The van der Waals surface area contributed by atoms with Crippen LogP contribution in [0.4, 0.5) is 10.1 Å². The second-order valence-electron chi connectivity index (χ2n) is 6.80. The predicted octanol–water partition coefficient (Wildman–Crippen LogP) is 3.74. The highest BCUT2D eigenvalue weighted by Crippen LogP contribution is 2.19. The summed E-state index contributed by atoms with van der Waals surface area (Å²) in [4.78, 5) is 16.5. The largest absolute Gasteiger partial charge is 0.487 e. The van der Waals surface area contributed by atoms with E-state index in [1.54, 1.807) is 31.3 Å². The third kappa shape index (κ3) is 5.20. The molecule has 2 aromatic carbocycles. The van der Waals surface area contributed by atoms with Gasteiger partial charge in [0.25, 0.3) is 0 Å². The van der Waals surface area contributed by atoms with E-state index in [4.69, 9.17) is 4.74 Å². The third-order valence-corrected chi connectivity index (χ3v) is 4.50. The zero-order valence-electron chi connectivity index (χ0n) is 17.1. The Morgan fingerprint density at radius 1 is 1.16 bits per heavy atom. The molecule has 160 valence electrons. The molecular formula is C23H19FN6O2. The van der Waals surface area contributed by atoms with Crippen molar-refractivity contribution in [2.45, 2.75) is 13.5 Å². The standard InChI is InChI=1S/C23H19FN6O2/c1-16-27-28-29-30(16)19-8-11-21(24)22(14-19)26-23(31)12-7-17-5-9-20(10-6-17)32-15-18-4-2-3-13-25-18/h2-14H,15H2,1H3,(H,26,31)/b12-7+. The van der Waals surface area contributed by atoms with Crippen LogP contribution in [0.5, 0.6) is 5.75 Å². The van der Waals surface area contributed by atoms with Gasteiger partial charge in [0, 0.05) is 12.3 Å². The SMILES string of the molecule is Cc1nnnn1-c1ccc(F)c(NC(=O)/C=C/c2ccc(OCc3ccccn3)cc2)c1. The number of nitrogens with one attached hydrogen (secondary N) is 1. The number of carbonyl (C=O) groups excluding carboxylic acids is 1. The van der Waals surface area contributed by atoms with E-state index in [9.17, 15) is 9.18 Å². The molecular weight excluding hydrogens is 411 g/mol. The van der Waals surface area contributed by atoms with E-state index in [1.807, 2.05) is 30.3 Å². The zero-order valence-corrected chi connectivity index (χ0v) is 17.1. The molecule has 0 bridgehead atoms. The van der Waals surface area contributed by atoms with Crippen LogP contribution >= 0.6 is 0 Å². The van der Waals surface area contributed by atoms with E-state index in [-0.39, 0.29) is 5.69 Å². The minimum Gasteiger partial charge on any atom is -0.487 e. The number of halogens is 1. The van der Waals surface area contributed by atoms with E-state index >= 15 is 0 Å². The number of aryl methyl sites for hydroxylation is 1. The summed E-state index contributed by atoms with van der Waals surface area (Å²) < 4.78 is 21.3. The number of ether oxygens (including phenoxy) is 1. The Kier molecular flexibility index (Phi) is 6.26. The van der Waals surface area contributed by atoms with Crippen molar-refractivity contribution in [3.05, 3.63) is 95.8 Å². The first kappa shape index (κ1) is 20.9. The molecule has 0 aliphatic rings. The fourth-order valence-corrected chi connectivity index (χ4v) is 2.87. The van der Waals surface area contributed by atoms with E-state index in [2.05, 4.69) is 25.8 Å². The van der Waals surface area contributed by atoms with Gasteiger partial charge in [0.15, 0.2) is 5.82 Å². The average molecular weight is 430 g/mol. The molecule has 0 saturated carbocycles. The fraction of sp³-hybridized carbons (Fsp3) is 0.0870. The minimum atomic E-state index is -0.560. The lowest BCUT2D eigenvalue weighted by atomic mass is 10.2. The maximum absolute atomic E-state index is 14.2. The second kappa shape index (κ2) is 9.61. The van der Waals surface area contributed by atoms with Gasteiger partial charge in [-0.15, -0.1) is 5.10 Å². The Morgan fingerprint density at radius 2 is 2.00 bits per heavy atom. The number of benzene rings is 2. The van der Waals surface area contributed by atoms with E-state index < -0.39 is 11.7 Å². The van der Waals surface area contributed by atoms with Crippen LogP contribution in [0.25, 0.3) is 11.8 Å². The molecule has 0 aliphatic heterocycles. The fourth-order valence-electron chi connectivity index (χ4n) is 2.87. The molecule has 1 amide bonds. The molecule has 0 radical (unpaired) electrons. The summed E-state index contributed by atoms with van der Waals surface area (Å²) >= 11 is 0. The van der Waals surface area contributed by atoms with Crippen LogP contribution in [-0.2, 0) is 11.4 Å². The summed E-state index contributed by atoms with van der Waals surface area (Å²) in [5, 5.41) is 13.7. The highest BCUT2D eigenvalue weighted by Gasteiger charge is 2.10. The molecule has 2 heterocycles. The van der Waals surface area contributed by atoms with Crippen molar-refractivity contribution in [3.63, 3.8) is 0 Å². The molecule has 8 nitrogen and oxygen atoms in total. The van der Waals surface area contributed by atoms with Crippen LogP contribution in [0.1, 0.15) is 17.1 Å². The highest BCUT2D eigenvalue weighted by molar-refractivity contribution is 6.02. The van der Waals surface area contributed by atoms with Crippen molar-refractivity contribution in [1.29, 1.82) is 0 Å². The summed E-state index contributed by atoms with van der Waals surface area (Å²) in [5.74, 6) is 0.205. The van der Waals surface area contributed by atoms with Gasteiger partial charge >= 0.3 is 0 Å². The van der Waals surface area contributed by atoms with E-state index in [0.717, 1.165) is 11.3 Å². The third-order valence-electron chi connectivity index (χ3n) is 4.50. The lowest BCUT2D eigenvalue weighted by Crippen LogP contribution is -2.10. The second-order valence-corrected chi connectivity index (χ2v) is 6.80. The van der Waals surface area contributed by atoms with Gasteiger partial charge in [-0.25, -0.2) is 4.39 Å². The number of anilines is 1. The first-order valence-electron chi connectivity index (χ1n) is 9.75. The molecule has 0 saturated heterocycles. The quantitative estimate of drug-likeness (QED) is 0.449. The predicted molar refractivity (Wildman–Crippen MR) is 117 cm³/mol. The Hall–Kier alpha value is -4.40. The molecule has 0 unspecified atom stereocenters. The molecule has 1 N–H and O–H groups in total. The van der Waals surface area contributed by atoms with Crippen molar-refractivity contribution >= 4 is 17.7 Å². The number of pyridine rings is 1. The maximum atomic E-state index is 14.2. The Labute approximate surface area is 183 Å². The van der Waals surface area contributed by atoms with E-state index in [0.29, 0.717) is 23.9 Å². The molecule has 32 heavy (non-hydrogen) atoms. The number of hydrogen-bond donors (Lipinski definition) is 1. The number of aromatic nitrogens is 5. The van der Waals surface area contributed by atoms with Crippen LogP contribution in [0.15, 0.2) is 72.9 Å². The van der Waals surface area contributed by atoms with Crippen molar-refractivity contribution in [2.24, 2.45) is 0 Å². The van der Waals surface area contributed by atoms with E-state index in [1.165, 1.54) is 29.0 Å². The summed E-state index contributed by atoms with van der Waals surface area (Å²) in [7, 11) is 0. The maximum Gasteiger partial charge on any atom is 0.248 e. The smallest absolute Gasteiger partial charge is 0.248 e. The Morgan fingerprint density at radius 3 is 2.72 bits per heavy atom. The minimum absolute atomic E-state index is 0.0327. The average Bonchev–Trinajstić information content (AvgIpc) is 3.25. The van der Waals surface area contributed by atoms with Gasteiger partial charge in [-0.05, 0) is 71.5 Å². The molecule has 4 rings (SSSR count). The van der Waals surface area contributed by atoms with Crippen LogP contribution in [0.3, 0.4) is 0 Å². The number of amides is 1. The van der Waals surface area contributed by atoms with Gasteiger partial charge in [0.1, 0.15) is 18.2 Å². The number of tetrazole rings is 1. The molecule has 0 spiro atoms. The van der Waals surface area contributed by atoms with Gasteiger partial charge in [-0.3, -0.25) is 9.78 Å². The number of hydrogen-bond acceptors (Lipinski definition) is 6. The van der Waals surface area contributed by atoms with Crippen molar-refractivity contribution in [2.75, 3.05) is 5.32 Å². The number of nitrogens with zero attached hydrogens (tertiary/aromatic N) is 5. The molecule has 0 fully saturated rings. The number of carbonyl (C=O) groups is 1. The molecule has 0 aliphatic carbocycles. The molecule has 4 aromatic rings. The van der Waals surface area contributed by atoms with Gasteiger partial charge < -0.3 is 10.1 Å². The Balaban J connectivity index is 1.37.